The molecule has 6 amide bonds. The van der Waals surface area contributed by atoms with Gasteiger partial charge in [-0.25, -0.2) is 9.59 Å². The van der Waals surface area contributed by atoms with Crippen LogP contribution >= 0.6 is 11.6 Å². The third-order valence-corrected chi connectivity index (χ3v) is 5.78. The summed E-state index contributed by atoms with van der Waals surface area (Å²) in [5.74, 6) is -2.11. The number of rotatable bonds is 15. The minimum absolute atomic E-state index is 0.0334. The van der Waals surface area contributed by atoms with Gasteiger partial charge in [-0.05, 0) is 47.6 Å². The Bertz CT molecular complexity index is 1090. The number of carboxylic acid groups (broad SMARTS) is 1. The lowest BCUT2D eigenvalue weighted by molar-refractivity contribution is -0.131. The van der Waals surface area contributed by atoms with Gasteiger partial charge in [-0.15, -0.1) is 11.6 Å². The van der Waals surface area contributed by atoms with E-state index < -0.39 is 48.5 Å². The fraction of sp³-hybridized carbons (Fsp3) is 0.522. The molecule has 2 unspecified atom stereocenters. The lowest BCUT2D eigenvalue weighted by Crippen LogP contribution is -2.55. The number of nitrogens with zero attached hydrogens (tertiary/aromatic N) is 4. The lowest BCUT2D eigenvalue weighted by Gasteiger charge is -2.25. The Morgan fingerprint density at radius 1 is 1.15 bits per heavy atom. The fourth-order valence-electron chi connectivity index (χ4n) is 3.43. The average Bonchev–Trinajstić information content (AvgIpc) is 2.87. The van der Waals surface area contributed by atoms with Crippen molar-refractivity contribution in [1.29, 1.82) is 0 Å². The lowest BCUT2D eigenvalue weighted by atomic mass is 10.0. The Balaban J connectivity index is 3.12. The summed E-state index contributed by atoms with van der Waals surface area (Å²) in [7, 11) is 1.40. The highest BCUT2D eigenvalue weighted by Crippen LogP contribution is 2.20. The number of halogens is 1. The first-order valence-electron chi connectivity index (χ1n) is 12.0. The summed E-state index contributed by atoms with van der Waals surface area (Å²) in [6.45, 7) is 3.08. The number of amides is 6. The van der Waals surface area contributed by atoms with Gasteiger partial charge >= 0.3 is 12.1 Å². The zero-order valence-corrected chi connectivity index (χ0v) is 22.7. The number of carbonyl (C=O) groups excluding carboxylic acids is 4. The molecule has 15 nitrogen and oxygen atoms in total. The Morgan fingerprint density at radius 2 is 1.85 bits per heavy atom. The van der Waals surface area contributed by atoms with Gasteiger partial charge in [0.25, 0.3) is 0 Å². The molecule has 0 bridgehead atoms. The van der Waals surface area contributed by atoms with Gasteiger partial charge < -0.3 is 37.0 Å². The Kier molecular flexibility index (Phi) is 13.9. The number of nitrogens with one attached hydrogen (secondary N) is 4. The summed E-state index contributed by atoms with van der Waals surface area (Å²) in [6, 6.07) is 2.02. The van der Waals surface area contributed by atoms with Crippen molar-refractivity contribution in [3.05, 3.63) is 39.8 Å². The number of carbonyl (C=O) groups is 5. The van der Waals surface area contributed by atoms with E-state index >= 15 is 0 Å². The summed E-state index contributed by atoms with van der Waals surface area (Å²) in [5.41, 5.74) is 15.1. The number of benzene rings is 1. The molecule has 0 heterocycles. The van der Waals surface area contributed by atoms with Crippen molar-refractivity contribution >= 4 is 47.1 Å². The van der Waals surface area contributed by atoms with Gasteiger partial charge in [-0.3, -0.25) is 14.4 Å². The quantitative estimate of drug-likeness (QED) is 0.0607. The van der Waals surface area contributed by atoms with Gasteiger partial charge in [-0.1, -0.05) is 25.0 Å². The Hall–Kier alpha value is -4.23. The number of alkyl halides is 1. The second-order valence-electron chi connectivity index (χ2n) is 8.92. The number of hydrogen-bond acceptors (Lipinski definition) is 6. The molecular formula is C23H34ClN9O6. The molecule has 0 aliphatic heterocycles. The molecule has 0 aromatic heterocycles. The zero-order valence-electron chi connectivity index (χ0n) is 21.9. The number of hydrogen-bond donors (Lipinski definition) is 6. The van der Waals surface area contributed by atoms with Crippen LogP contribution in [-0.4, -0.2) is 72.1 Å². The first kappa shape index (κ1) is 32.8. The van der Waals surface area contributed by atoms with E-state index in [0.717, 1.165) is 4.90 Å². The maximum Gasteiger partial charge on any atom is 0.407 e. The van der Waals surface area contributed by atoms with Crippen LogP contribution in [0.1, 0.15) is 37.8 Å². The highest BCUT2D eigenvalue weighted by atomic mass is 35.5. The molecule has 0 aliphatic carbocycles. The standard InChI is InChI=1S/C23H34ClN9O6/c1-13(2)19(31-18(34)11-28-32-26)21(36)30-17(5-4-8-27-22(25)37)20(35)29-16-7-6-14(10-24)15(9-16)12-33(3)23(38)39/h6-7,9,13,17,19H,4-5,8,10-12H2,1-3H3,(H,29,35)(H,30,36)(H,31,34)(H,38,39)(H3,25,27,37). The van der Waals surface area contributed by atoms with E-state index in [-0.39, 0.29) is 37.7 Å². The summed E-state index contributed by atoms with van der Waals surface area (Å²) >= 11 is 5.98. The largest absolute Gasteiger partial charge is 0.465 e. The zero-order chi connectivity index (χ0) is 29.5. The molecule has 7 N–H and O–H groups in total. The van der Waals surface area contributed by atoms with Crippen molar-refractivity contribution in [2.45, 2.75) is 51.2 Å². The molecule has 214 valence electrons. The van der Waals surface area contributed by atoms with Gasteiger partial charge in [0.05, 0.1) is 0 Å². The number of anilines is 1. The predicted molar refractivity (Wildman–Crippen MR) is 144 cm³/mol. The molecular weight excluding hydrogens is 534 g/mol. The third kappa shape index (κ3) is 11.8. The van der Waals surface area contributed by atoms with E-state index in [1.54, 1.807) is 32.0 Å². The van der Waals surface area contributed by atoms with Crippen molar-refractivity contribution in [1.82, 2.24) is 20.9 Å². The second kappa shape index (κ2) is 16.6. The molecule has 1 aromatic rings. The second-order valence-corrected chi connectivity index (χ2v) is 9.18. The van der Waals surface area contributed by atoms with Crippen LogP contribution in [0.4, 0.5) is 15.3 Å². The van der Waals surface area contributed by atoms with Crippen LogP contribution in [0.2, 0.25) is 0 Å². The fourth-order valence-corrected chi connectivity index (χ4v) is 3.69. The summed E-state index contributed by atoms with van der Waals surface area (Å²) < 4.78 is 0. The Morgan fingerprint density at radius 3 is 2.41 bits per heavy atom. The van der Waals surface area contributed by atoms with Crippen LogP contribution in [0.25, 0.3) is 10.4 Å². The minimum Gasteiger partial charge on any atom is -0.465 e. The van der Waals surface area contributed by atoms with Gasteiger partial charge in [0, 0.05) is 36.6 Å². The molecule has 0 spiro atoms. The van der Waals surface area contributed by atoms with Gasteiger partial charge in [0.1, 0.15) is 18.6 Å². The number of azide groups is 1. The first-order valence-corrected chi connectivity index (χ1v) is 12.5. The van der Waals surface area contributed by atoms with E-state index in [4.69, 9.17) is 22.9 Å². The van der Waals surface area contributed by atoms with E-state index in [1.807, 2.05) is 0 Å². The molecule has 16 heteroatoms. The maximum atomic E-state index is 13.2. The van der Waals surface area contributed by atoms with Crippen LogP contribution in [0.15, 0.2) is 23.3 Å². The number of primary amides is 1. The van der Waals surface area contributed by atoms with E-state index in [9.17, 15) is 29.1 Å². The van der Waals surface area contributed by atoms with Crippen LogP contribution in [-0.2, 0) is 26.8 Å². The Labute approximate surface area is 230 Å². The third-order valence-electron chi connectivity index (χ3n) is 5.50. The van der Waals surface area contributed by atoms with Crippen LogP contribution in [0.5, 0.6) is 0 Å². The van der Waals surface area contributed by atoms with Crippen molar-refractivity contribution in [2.75, 3.05) is 25.5 Å². The SMILES string of the molecule is CC(C)C(NC(=O)CN=[N+]=[N-])C(=O)NC(CCCNC(N)=O)C(=O)Nc1ccc(CCl)c(CN(C)C(=O)O)c1. The van der Waals surface area contributed by atoms with Gasteiger partial charge in [0.2, 0.25) is 17.7 Å². The smallest absolute Gasteiger partial charge is 0.407 e. The predicted octanol–water partition coefficient (Wildman–Crippen LogP) is 1.86. The minimum atomic E-state index is -1.14. The molecule has 0 fully saturated rings. The first-order chi connectivity index (χ1) is 18.4. The van der Waals surface area contributed by atoms with E-state index in [0.29, 0.717) is 16.8 Å². The van der Waals surface area contributed by atoms with Gasteiger partial charge in [-0.2, -0.15) is 0 Å². The molecule has 0 radical (unpaired) electrons. The van der Waals surface area contributed by atoms with Crippen LogP contribution < -0.4 is 27.0 Å². The molecule has 1 aromatic carbocycles. The van der Waals surface area contributed by atoms with Crippen molar-refractivity contribution < 1.29 is 29.1 Å². The van der Waals surface area contributed by atoms with E-state index in [1.165, 1.54) is 7.05 Å². The van der Waals surface area contributed by atoms with Crippen LogP contribution in [0, 0.1) is 5.92 Å². The number of urea groups is 1. The monoisotopic (exact) mass is 567 g/mol. The molecule has 39 heavy (non-hydrogen) atoms. The van der Waals surface area contributed by atoms with Crippen molar-refractivity contribution in [3.63, 3.8) is 0 Å². The molecule has 1 rings (SSSR count). The topological polar surface area (TPSA) is 232 Å². The maximum absolute atomic E-state index is 13.2. The van der Waals surface area contributed by atoms with Crippen molar-refractivity contribution in [3.8, 4) is 0 Å². The molecule has 2 atom stereocenters. The molecule has 0 saturated carbocycles. The van der Waals surface area contributed by atoms with Crippen molar-refractivity contribution in [2.24, 2.45) is 16.8 Å². The highest BCUT2D eigenvalue weighted by Gasteiger charge is 2.28. The van der Waals surface area contributed by atoms with Crippen LogP contribution in [0.3, 0.4) is 0 Å². The highest BCUT2D eigenvalue weighted by molar-refractivity contribution is 6.17. The average molecular weight is 568 g/mol. The molecule has 0 saturated heterocycles. The van der Waals surface area contributed by atoms with E-state index in [2.05, 4.69) is 31.3 Å². The summed E-state index contributed by atoms with van der Waals surface area (Å²) in [4.78, 5) is 64.1. The van der Waals surface area contributed by atoms with Gasteiger partial charge in [0.15, 0.2) is 0 Å². The summed E-state index contributed by atoms with van der Waals surface area (Å²) in [5, 5.41) is 22.6. The summed E-state index contributed by atoms with van der Waals surface area (Å²) in [6.07, 6.45) is -0.732. The normalized spacial score (nSPS) is 11.9. The molecule has 0 aliphatic rings. The number of nitrogens with two attached hydrogens (primary N) is 1.